The van der Waals surface area contributed by atoms with Gasteiger partial charge in [0.25, 0.3) is 0 Å². The molecule has 0 spiro atoms. The van der Waals surface area contributed by atoms with Crippen LogP contribution in [-0.4, -0.2) is 19.0 Å². The normalized spacial score (nSPS) is 10.7. The fraction of sp³-hybridized carbons (Fsp3) is 0.182. The number of alkyl halides is 1. The van der Waals surface area contributed by atoms with Crippen molar-refractivity contribution < 1.29 is 9.53 Å². The maximum absolute atomic E-state index is 11.4. The number of carbonyl (C=O) groups excluding carboxylic acids is 1. The Hall–Kier alpha value is -1.19. The summed E-state index contributed by atoms with van der Waals surface area (Å²) in [7, 11) is 1.30. The van der Waals surface area contributed by atoms with Gasteiger partial charge in [0.15, 0.2) is 0 Å². The summed E-state index contributed by atoms with van der Waals surface area (Å²) in [6.07, 6.45) is 3.45. The Balaban J connectivity index is 3.21. The maximum atomic E-state index is 11.4. The van der Waals surface area contributed by atoms with E-state index in [2.05, 4.69) is 4.74 Å². The second-order valence-corrected chi connectivity index (χ2v) is 3.73. The fourth-order valence-corrected chi connectivity index (χ4v) is 1.52. The van der Waals surface area contributed by atoms with E-state index in [0.29, 0.717) is 27.7 Å². The van der Waals surface area contributed by atoms with Gasteiger partial charge in [0, 0.05) is 16.6 Å². The molecule has 0 heterocycles. The van der Waals surface area contributed by atoms with Crippen LogP contribution >= 0.6 is 23.2 Å². The summed E-state index contributed by atoms with van der Waals surface area (Å²) in [6.45, 7) is 0. The third-order valence-electron chi connectivity index (χ3n) is 1.96. The third kappa shape index (κ3) is 2.90. The molecule has 0 amide bonds. The highest BCUT2D eigenvalue weighted by Crippen LogP contribution is 2.25. The molecule has 0 aliphatic rings. The Morgan fingerprint density at radius 3 is 2.81 bits per heavy atom. The molecule has 0 radical (unpaired) electrons. The topological polar surface area (TPSA) is 52.3 Å². The zero-order valence-electron chi connectivity index (χ0n) is 8.67. The molecule has 86 valence electrons. The zero-order chi connectivity index (χ0) is 12.1. The van der Waals surface area contributed by atoms with E-state index < -0.39 is 5.97 Å². The average molecular weight is 260 g/mol. The Labute approximate surface area is 104 Å². The van der Waals surface area contributed by atoms with Crippen molar-refractivity contribution in [1.29, 1.82) is 0 Å². The van der Waals surface area contributed by atoms with E-state index >= 15 is 0 Å². The Morgan fingerprint density at radius 1 is 1.56 bits per heavy atom. The van der Waals surface area contributed by atoms with Gasteiger partial charge < -0.3 is 10.5 Å². The molecule has 0 unspecified atom stereocenters. The minimum absolute atomic E-state index is 0.292. The van der Waals surface area contributed by atoms with Crippen molar-refractivity contribution >= 4 is 40.9 Å². The van der Waals surface area contributed by atoms with Gasteiger partial charge >= 0.3 is 5.97 Å². The molecule has 1 aromatic carbocycles. The number of hydrogen-bond donors (Lipinski definition) is 1. The lowest BCUT2D eigenvalue weighted by atomic mass is 10.1. The molecule has 0 aliphatic carbocycles. The molecular formula is C11H11Cl2NO2. The van der Waals surface area contributed by atoms with Crippen LogP contribution in [0.25, 0.3) is 6.08 Å². The summed E-state index contributed by atoms with van der Waals surface area (Å²) in [6, 6.07) is 3.09. The van der Waals surface area contributed by atoms with Gasteiger partial charge in [0.1, 0.15) is 0 Å². The molecule has 1 rings (SSSR count). The quantitative estimate of drug-likeness (QED) is 0.516. The number of benzene rings is 1. The monoisotopic (exact) mass is 259 g/mol. The molecule has 3 nitrogen and oxygen atoms in total. The fourth-order valence-electron chi connectivity index (χ4n) is 1.19. The van der Waals surface area contributed by atoms with E-state index in [0.717, 1.165) is 0 Å². The lowest BCUT2D eigenvalue weighted by Gasteiger charge is -2.06. The first kappa shape index (κ1) is 12.9. The van der Waals surface area contributed by atoms with Gasteiger partial charge in [0.2, 0.25) is 0 Å². The van der Waals surface area contributed by atoms with Gasteiger partial charge in [0.05, 0.1) is 12.7 Å². The van der Waals surface area contributed by atoms with Gasteiger partial charge in [-0.1, -0.05) is 23.8 Å². The molecule has 0 bridgehead atoms. The molecule has 5 heteroatoms. The first-order chi connectivity index (χ1) is 7.60. The third-order valence-corrected chi connectivity index (χ3v) is 2.47. The first-order valence-electron chi connectivity index (χ1n) is 4.50. The number of allylic oxidation sites excluding steroid dienone is 1. The highest BCUT2D eigenvalue weighted by atomic mass is 35.5. The van der Waals surface area contributed by atoms with Crippen molar-refractivity contribution in [1.82, 2.24) is 0 Å². The second kappa shape index (κ2) is 5.77. The molecule has 16 heavy (non-hydrogen) atoms. The predicted octanol–water partition coefficient (Wildman–Crippen LogP) is 2.96. The number of anilines is 1. The summed E-state index contributed by atoms with van der Waals surface area (Å²) in [4.78, 5) is 11.4. The molecule has 0 saturated carbocycles. The lowest BCUT2D eigenvalue weighted by Crippen LogP contribution is -2.06. The number of rotatable bonds is 3. The number of nitrogens with two attached hydrogens (primary N) is 1. The second-order valence-electron chi connectivity index (χ2n) is 3.01. The molecule has 0 atom stereocenters. The van der Waals surface area contributed by atoms with Crippen LogP contribution in [-0.2, 0) is 4.74 Å². The Kier molecular flexibility index (Phi) is 4.65. The van der Waals surface area contributed by atoms with Gasteiger partial charge in [-0.05, 0) is 17.7 Å². The van der Waals surface area contributed by atoms with Crippen molar-refractivity contribution in [2.75, 3.05) is 18.7 Å². The first-order valence-corrected chi connectivity index (χ1v) is 5.41. The molecule has 0 aliphatic heterocycles. The van der Waals surface area contributed by atoms with Crippen LogP contribution in [0.2, 0.25) is 5.02 Å². The van der Waals surface area contributed by atoms with Crippen LogP contribution < -0.4 is 5.73 Å². The summed E-state index contributed by atoms with van der Waals surface area (Å²) in [5, 5.41) is 0.464. The number of methoxy groups -OCH3 is 1. The number of esters is 1. The van der Waals surface area contributed by atoms with Crippen LogP contribution in [0.4, 0.5) is 5.69 Å². The summed E-state index contributed by atoms with van der Waals surface area (Å²) in [5.74, 6) is -0.122. The van der Waals surface area contributed by atoms with Crippen LogP contribution in [0, 0.1) is 0 Å². The minimum atomic E-state index is -0.491. The largest absolute Gasteiger partial charge is 0.465 e. The molecule has 2 N–H and O–H groups in total. The van der Waals surface area contributed by atoms with Crippen molar-refractivity contribution in [3.8, 4) is 0 Å². The lowest BCUT2D eigenvalue weighted by molar-refractivity contribution is 0.0602. The average Bonchev–Trinajstić information content (AvgIpc) is 2.27. The SMILES string of the molecule is COC(=O)c1cc(C=CCCl)c(Cl)cc1N. The summed E-state index contributed by atoms with van der Waals surface area (Å²) >= 11 is 11.5. The van der Waals surface area contributed by atoms with E-state index in [4.69, 9.17) is 28.9 Å². The van der Waals surface area contributed by atoms with Gasteiger partial charge in [-0.3, -0.25) is 0 Å². The number of hydrogen-bond acceptors (Lipinski definition) is 3. The van der Waals surface area contributed by atoms with E-state index in [1.165, 1.54) is 13.2 Å². The number of nitrogen functional groups attached to an aromatic ring is 1. The maximum Gasteiger partial charge on any atom is 0.339 e. The standard InChI is InChI=1S/C11H11Cl2NO2/c1-16-11(15)8-5-7(3-2-4-12)9(13)6-10(8)14/h2-3,5-6H,4,14H2,1H3. The van der Waals surface area contributed by atoms with Crippen LogP contribution in [0.1, 0.15) is 15.9 Å². The smallest absolute Gasteiger partial charge is 0.339 e. The predicted molar refractivity (Wildman–Crippen MR) is 67.0 cm³/mol. The molecular weight excluding hydrogens is 249 g/mol. The van der Waals surface area contributed by atoms with Crippen LogP contribution in [0.3, 0.4) is 0 Å². The molecule has 0 saturated heterocycles. The van der Waals surface area contributed by atoms with Gasteiger partial charge in [-0.25, -0.2) is 4.79 Å². The molecule has 1 aromatic rings. The zero-order valence-corrected chi connectivity index (χ0v) is 10.2. The van der Waals surface area contributed by atoms with Crippen molar-refractivity contribution in [3.05, 3.63) is 34.4 Å². The highest BCUT2D eigenvalue weighted by Gasteiger charge is 2.12. The van der Waals surface area contributed by atoms with E-state index in [1.54, 1.807) is 18.2 Å². The van der Waals surface area contributed by atoms with Gasteiger partial charge in [-0.15, -0.1) is 11.6 Å². The molecule has 0 fully saturated rings. The number of ether oxygens (including phenoxy) is 1. The van der Waals surface area contributed by atoms with E-state index in [9.17, 15) is 4.79 Å². The van der Waals surface area contributed by atoms with E-state index in [-0.39, 0.29) is 0 Å². The van der Waals surface area contributed by atoms with E-state index in [1.807, 2.05) is 0 Å². The minimum Gasteiger partial charge on any atom is -0.465 e. The van der Waals surface area contributed by atoms with Crippen molar-refractivity contribution in [3.63, 3.8) is 0 Å². The van der Waals surface area contributed by atoms with Crippen molar-refractivity contribution in [2.24, 2.45) is 0 Å². The Bertz CT molecular complexity index is 430. The number of halogens is 2. The Morgan fingerprint density at radius 2 is 2.25 bits per heavy atom. The number of carbonyl (C=O) groups is 1. The van der Waals surface area contributed by atoms with Crippen LogP contribution in [0.5, 0.6) is 0 Å². The molecule has 0 aromatic heterocycles. The van der Waals surface area contributed by atoms with Crippen molar-refractivity contribution in [2.45, 2.75) is 0 Å². The summed E-state index contributed by atoms with van der Waals surface area (Å²) in [5.41, 5.74) is 6.92. The summed E-state index contributed by atoms with van der Waals surface area (Å²) < 4.78 is 4.60. The van der Waals surface area contributed by atoms with Crippen LogP contribution in [0.15, 0.2) is 18.2 Å². The highest BCUT2D eigenvalue weighted by molar-refractivity contribution is 6.32. The van der Waals surface area contributed by atoms with Gasteiger partial charge in [-0.2, -0.15) is 0 Å².